The maximum absolute atomic E-state index is 11.6. The second-order valence-corrected chi connectivity index (χ2v) is 5.91. The zero-order chi connectivity index (χ0) is 12.3. The van der Waals surface area contributed by atoms with E-state index in [1.165, 1.54) is 7.05 Å². The van der Waals surface area contributed by atoms with Crippen LogP contribution in [0.1, 0.15) is 19.5 Å². The van der Waals surface area contributed by atoms with Crippen LogP contribution in [-0.4, -0.2) is 26.1 Å². The van der Waals surface area contributed by atoms with E-state index in [4.69, 9.17) is 0 Å². The van der Waals surface area contributed by atoms with Crippen molar-refractivity contribution in [1.82, 2.24) is 14.6 Å². The molecule has 0 unspecified atom stereocenters. The van der Waals surface area contributed by atoms with E-state index < -0.39 is 10.0 Å². The monoisotopic (exact) mass is 245 g/mol. The van der Waals surface area contributed by atoms with E-state index in [2.05, 4.69) is 10.0 Å². The molecule has 0 saturated carbocycles. The fourth-order valence-electron chi connectivity index (χ4n) is 1.33. The Kier molecular flexibility index (Phi) is 4.12. The van der Waals surface area contributed by atoms with E-state index in [1.807, 2.05) is 25.5 Å². The van der Waals surface area contributed by atoms with Gasteiger partial charge in [0.2, 0.25) is 10.0 Å². The van der Waals surface area contributed by atoms with Crippen LogP contribution in [0.2, 0.25) is 0 Å². The molecule has 2 N–H and O–H groups in total. The lowest BCUT2D eigenvalue weighted by molar-refractivity contribution is 0.571. The molecule has 92 valence electrons. The van der Waals surface area contributed by atoms with Crippen LogP contribution in [0.3, 0.4) is 0 Å². The lowest BCUT2D eigenvalue weighted by atomic mass is 10.3. The number of hydrogen-bond donors (Lipinski definition) is 2. The minimum Gasteiger partial charge on any atom is -0.352 e. The number of aryl methyl sites for hydroxylation is 1. The smallest absolute Gasteiger partial charge is 0.241 e. The Morgan fingerprint density at radius 2 is 2.06 bits per heavy atom. The van der Waals surface area contributed by atoms with Gasteiger partial charge in [-0.2, -0.15) is 0 Å². The van der Waals surface area contributed by atoms with Gasteiger partial charge in [0, 0.05) is 31.5 Å². The highest BCUT2D eigenvalue weighted by Crippen LogP contribution is 2.12. The van der Waals surface area contributed by atoms with Crippen LogP contribution in [0.15, 0.2) is 17.2 Å². The molecule has 5 nitrogen and oxygen atoms in total. The summed E-state index contributed by atoms with van der Waals surface area (Å²) in [6.45, 7) is 4.76. The average Bonchev–Trinajstić information content (AvgIpc) is 2.57. The van der Waals surface area contributed by atoms with Gasteiger partial charge >= 0.3 is 0 Å². The molecule has 1 aromatic heterocycles. The van der Waals surface area contributed by atoms with Gasteiger partial charge < -0.3 is 9.88 Å². The minimum atomic E-state index is -3.34. The van der Waals surface area contributed by atoms with E-state index in [0.29, 0.717) is 17.5 Å². The summed E-state index contributed by atoms with van der Waals surface area (Å²) < 4.78 is 27.2. The maximum atomic E-state index is 11.6. The summed E-state index contributed by atoms with van der Waals surface area (Å²) in [5, 5.41) is 3.25. The first kappa shape index (κ1) is 13.2. The molecule has 1 aromatic rings. The standard InChI is InChI=1S/C10H19N3O2S/c1-8(2)12-6-9-5-10(7-13(9)4)16(14,15)11-3/h5,7-8,11-12H,6H2,1-4H3. The fraction of sp³-hybridized carbons (Fsp3) is 0.600. The second kappa shape index (κ2) is 4.99. The van der Waals surface area contributed by atoms with Crippen LogP contribution in [0, 0.1) is 0 Å². The third-order valence-electron chi connectivity index (χ3n) is 2.35. The van der Waals surface area contributed by atoms with E-state index in [1.54, 1.807) is 12.3 Å². The summed E-state index contributed by atoms with van der Waals surface area (Å²) in [6.07, 6.45) is 1.61. The SMILES string of the molecule is CNS(=O)(=O)c1cc(CNC(C)C)n(C)c1. The number of nitrogens with zero attached hydrogens (tertiary/aromatic N) is 1. The van der Waals surface area contributed by atoms with Gasteiger partial charge in [-0.25, -0.2) is 13.1 Å². The fourth-order valence-corrected chi connectivity index (χ4v) is 2.15. The summed E-state index contributed by atoms with van der Waals surface area (Å²) >= 11 is 0. The first-order valence-corrected chi connectivity index (χ1v) is 6.67. The summed E-state index contributed by atoms with van der Waals surface area (Å²) in [5.41, 5.74) is 0.947. The zero-order valence-electron chi connectivity index (χ0n) is 10.1. The molecule has 0 spiro atoms. The molecule has 0 aliphatic rings. The largest absolute Gasteiger partial charge is 0.352 e. The van der Waals surface area contributed by atoms with Crippen LogP contribution in [0.5, 0.6) is 0 Å². The van der Waals surface area contributed by atoms with Gasteiger partial charge in [-0.15, -0.1) is 0 Å². The molecule has 0 bridgehead atoms. The highest BCUT2D eigenvalue weighted by molar-refractivity contribution is 7.89. The Balaban J connectivity index is 2.90. The van der Waals surface area contributed by atoms with Crippen molar-refractivity contribution < 1.29 is 8.42 Å². The molecule has 6 heteroatoms. The number of rotatable bonds is 5. The average molecular weight is 245 g/mol. The van der Waals surface area contributed by atoms with Gasteiger partial charge in [-0.3, -0.25) is 0 Å². The van der Waals surface area contributed by atoms with Gasteiger partial charge in [-0.1, -0.05) is 13.8 Å². The molecule has 0 fully saturated rings. The van der Waals surface area contributed by atoms with E-state index in [0.717, 1.165) is 5.69 Å². The van der Waals surface area contributed by atoms with Crippen LogP contribution >= 0.6 is 0 Å². The van der Waals surface area contributed by atoms with Crippen LogP contribution in [0.25, 0.3) is 0 Å². The van der Waals surface area contributed by atoms with Crippen molar-refractivity contribution >= 4 is 10.0 Å². The molecular weight excluding hydrogens is 226 g/mol. The molecule has 0 amide bonds. The van der Waals surface area contributed by atoms with Crippen molar-refractivity contribution in [1.29, 1.82) is 0 Å². The first-order valence-electron chi connectivity index (χ1n) is 5.19. The molecule has 0 atom stereocenters. The van der Waals surface area contributed by atoms with Gasteiger partial charge in [0.05, 0.1) is 4.90 Å². The van der Waals surface area contributed by atoms with Gasteiger partial charge in [-0.05, 0) is 13.1 Å². The minimum absolute atomic E-state index is 0.304. The van der Waals surface area contributed by atoms with E-state index in [9.17, 15) is 8.42 Å². The van der Waals surface area contributed by atoms with Gasteiger partial charge in [0.25, 0.3) is 0 Å². The van der Waals surface area contributed by atoms with Crippen LogP contribution in [-0.2, 0) is 23.6 Å². The topological polar surface area (TPSA) is 63.1 Å². The maximum Gasteiger partial charge on any atom is 0.241 e. The van der Waals surface area contributed by atoms with Crippen LogP contribution < -0.4 is 10.0 Å². The number of aromatic nitrogens is 1. The van der Waals surface area contributed by atoms with E-state index in [-0.39, 0.29) is 0 Å². The highest BCUT2D eigenvalue weighted by atomic mass is 32.2. The molecular formula is C10H19N3O2S. The number of sulfonamides is 1. The molecule has 0 aliphatic carbocycles. The highest BCUT2D eigenvalue weighted by Gasteiger charge is 2.15. The molecule has 0 radical (unpaired) electrons. The summed E-state index contributed by atoms with van der Waals surface area (Å²) in [6, 6.07) is 2.06. The van der Waals surface area contributed by atoms with Crippen molar-refractivity contribution in [2.24, 2.45) is 7.05 Å². The number of hydrogen-bond acceptors (Lipinski definition) is 3. The lowest BCUT2D eigenvalue weighted by Gasteiger charge is -2.08. The Hall–Kier alpha value is -0.850. The third-order valence-corrected chi connectivity index (χ3v) is 3.73. The first-order chi connectivity index (χ1) is 7.36. The third kappa shape index (κ3) is 3.07. The molecule has 0 aromatic carbocycles. The van der Waals surface area contributed by atoms with Crippen molar-refractivity contribution in [2.75, 3.05) is 7.05 Å². The Morgan fingerprint density at radius 3 is 2.56 bits per heavy atom. The van der Waals surface area contributed by atoms with Crippen molar-refractivity contribution in [2.45, 2.75) is 31.3 Å². The zero-order valence-corrected chi connectivity index (χ0v) is 10.9. The predicted molar refractivity (Wildman–Crippen MR) is 63.6 cm³/mol. The molecule has 16 heavy (non-hydrogen) atoms. The molecule has 1 heterocycles. The normalized spacial score (nSPS) is 12.3. The predicted octanol–water partition coefficient (Wildman–Crippen LogP) is 0.431. The van der Waals surface area contributed by atoms with Crippen molar-refractivity contribution in [3.05, 3.63) is 18.0 Å². The Labute approximate surface area is 96.9 Å². The summed E-state index contributed by atoms with van der Waals surface area (Å²) in [7, 11) is -0.0866. The summed E-state index contributed by atoms with van der Waals surface area (Å²) in [5.74, 6) is 0. The number of nitrogens with one attached hydrogen (secondary N) is 2. The second-order valence-electron chi connectivity index (χ2n) is 4.02. The molecule has 0 saturated heterocycles. The quantitative estimate of drug-likeness (QED) is 0.791. The van der Waals surface area contributed by atoms with Crippen LogP contribution in [0.4, 0.5) is 0 Å². The lowest BCUT2D eigenvalue weighted by Crippen LogP contribution is -2.22. The Bertz CT molecular complexity index is 449. The summed E-state index contributed by atoms with van der Waals surface area (Å²) in [4.78, 5) is 0.304. The van der Waals surface area contributed by atoms with Gasteiger partial charge in [0.1, 0.15) is 0 Å². The Morgan fingerprint density at radius 1 is 1.44 bits per heavy atom. The molecule has 0 aliphatic heterocycles. The van der Waals surface area contributed by atoms with Crippen molar-refractivity contribution in [3.63, 3.8) is 0 Å². The van der Waals surface area contributed by atoms with E-state index >= 15 is 0 Å². The van der Waals surface area contributed by atoms with Gasteiger partial charge in [0.15, 0.2) is 0 Å². The molecule has 1 rings (SSSR count). The van der Waals surface area contributed by atoms with Crippen molar-refractivity contribution in [3.8, 4) is 0 Å².